The summed E-state index contributed by atoms with van der Waals surface area (Å²) in [5.41, 5.74) is 0.548. The van der Waals surface area contributed by atoms with E-state index < -0.39 is 5.38 Å². The predicted molar refractivity (Wildman–Crippen MR) is 57.7 cm³/mol. The Kier molecular flexibility index (Phi) is 4.23. The zero-order chi connectivity index (χ0) is 10.6. The molecule has 0 bridgehead atoms. The topological polar surface area (TPSA) is 26.3 Å². The van der Waals surface area contributed by atoms with Crippen LogP contribution in [-0.2, 0) is 0 Å². The molecule has 0 saturated carbocycles. The fourth-order valence-corrected chi connectivity index (χ4v) is 1.27. The van der Waals surface area contributed by atoms with Crippen molar-refractivity contribution in [3.63, 3.8) is 0 Å². The van der Waals surface area contributed by atoms with Crippen LogP contribution in [0.1, 0.15) is 10.4 Å². The van der Waals surface area contributed by atoms with Crippen LogP contribution in [0.25, 0.3) is 0 Å². The molecule has 0 aliphatic heterocycles. The molecule has 0 aliphatic carbocycles. The van der Waals surface area contributed by atoms with Gasteiger partial charge >= 0.3 is 0 Å². The lowest BCUT2D eigenvalue weighted by atomic mass is 10.1. The van der Waals surface area contributed by atoms with Crippen molar-refractivity contribution in [3.05, 3.63) is 29.8 Å². The highest BCUT2D eigenvalue weighted by molar-refractivity contribution is 6.38. The van der Waals surface area contributed by atoms with Crippen LogP contribution < -0.4 is 4.74 Å². The first-order chi connectivity index (χ1) is 6.69. The van der Waals surface area contributed by atoms with Gasteiger partial charge in [-0.2, -0.15) is 0 Å². The molecule has 76 valence electrons. The maximum Gasteiger partial charge on any atom is 0.181 e. The van der Waals surface area contributed by atoms with Crippen molar-refractivity contribution in [2.24, 2.45) is 0 Å². The molecule has 1 atom stereocenters. The maximum absolute atomic E-state index is 11.5. The highest BCUT2D eigenvalue weighted by Gasteiger charge is 2.15. The number of carbonyl (C=O) groups excluding carboxylic acids is 1. The number of rotatable bonds is 4. The van der Waals surface area contributed by atoms with Crippen LogP contribution in [0.15, 0.2) is 24.3 Å². The van der Waals surface area contributed by atoms with Gasteiger partial charge in [-0.05, 0) is 24.3 Å². The zero-order valence-electron chi connectivity index (χ0n) is 7.67. The fraction of sp³-hybridized carbons (Fsp3) is 0.300. The van der Waals surface area contributed by atoms with Gasteiger partial charge in [-0.1, -0.05) is 0 Å². The highest BCUT2D eigenvalue weighted by atomic mass is 35.5. The number of hydrogen-bond donors (Lipinski definition) is 0. The second-order valence-corrected chi connectivity index (χ2v) is 3.55. The van der Waals surface area contributed by atoms with Crippen LogP contribution >= 0.6 is 23.2 Å². The van der Waals surface area contributed by atoms with Gasteiger partial charge in [0.25, 0.3) is 0 Å². The summed E-state index contributed by atoms with van der Waals surface area (Å²) in [5.74, 6) is 0.662. The first-order valence-corrected chi connectivity index (χ1v) is 5.04. The third-order valence-corrected chi connectivity index (χ3v) is 2.61. The van der Waals surface area contributed by atoms with E-state index in [0.29, 0.717) is 11.3 Å². The maximum atomic E-state index is 11.5. The SMILES string of the molecule is COc1ccc(C(=O)C(Cl)CCl)cc1. The summed E-state index contributed by atoms with van der Waals surface area (Å²) in [6.45, 7) is 0. The smallest absolute Gasteiger partial charge is 0.181 e. The van der Waals surface area contributed by atoms with Crippen LogP contribution in [-0.4, -0.2) is 24.2 Å². The third kappa shape index (κ3) is 2.63. The normalized spacial score (nSPS) is 12.2. The number of hydrogen-bond acceptors (Lipinski definition) is 2. The number of ketones is 1. The van der Waals surface area contributed by atoms with Crippen molar-refractivity contribution < 1.29 is 9.53 Å². The molecule has 0 saturated heterocycles. The second-order valence-electron chi connectivity index (χ2n) is 2.71. The number of benzene rings is 1. The van der Waals surface area contributed by atoms with Gasteiger partial charge in [0.05, 0.1) is 7.11 Å². The van der Waals surface area contributed by atoms with Crippen molar-refractivity contribution in [2.75, 3.05) is 13.0 Å². The predicted octanol–water partition coefficient (Wildman–Crippen LogP) is 2.72. The van der Waals surface area contributed by atoms with E-state index in [4.69, 9.17) is 27.9 Å². The number of Topliss-reactive ketones (excluding diaryl/α,β-unsaturated/α-hetero) is 1. The fourth-order valence-electron chi connectivity index (χ4n) is 1.01. The van der Waals surface area contributed by atoms with E-state index in [1.54, 1.807) is 31.4 Å². The van der Waals surface area contributed by atoms with Gasteiger partial charge in [-0.3, -0.25) is 4.79 Å². The van der Waals surface area contributed by atoms with Crippen LogP contribution in [0, 0.1) is 0 Å². The summed E-state index contributed by atoms with van der Waals surface area (Å²) in [6.07, 6.45) is 0. The molecule has 1 unspecified atom stereocenters. The Bertz CT molecular complexity index is 308. The molecule has 0 amide bonds. The van der Waals surface area contributed by atoms with Crippen molar-refractivity contribution in [2.45, 2.75) is 5.38 Å². The number of alkyl halides is 2. The monoisotopic (exact) mass is 232 g/mol. The summed E-state index contributed by atoms with van der Waals surface area (Å²) in [4.78, 5) is 11.5. The van der Waals surface area contributed by atoms with Crippen LogP contribution in [0.5, 0.6) is 5.75 Å². The molecule has 14 heavy (non-hydrogen) atoms. The van der Waals surface area contributed by atoms with Gasteiger partial charge in [0.15, 0.2) is 5.78 Å². The van der Waals surface area contributed by atoms with Crippen molar-refractivity contribution >= 4 is 29.0 Å². The van der Waals surface area contributed by atoms with Crippen molar-refractivity contribution in [3.8, 4) is 5.75 Å². The van der Waals surface area contributed by atoms with Crippen LogP contribution in [0.2, 0.25) is 0 Å². The number of methoxy groups -OCH3 is 1. The van der Waals surface area contributed by atoms with Gasteiger partial charge in [0.1, 0.15) is 11.1 Å². The molecule has 0 radical (unpaired) electrons. The van der Waals surface area contributed by atoms with Crippen LogP contribution in [0.4, 0.5) is 0 Å². The van der Waals surface area contributed by atoms with Gasteiger partial charge in [-0.25, -0.2) is 0 Å². The average Bonchev–Trinajstić information content (AvgIpc) is 2.27. The Balaban J connectivity index is 2.81. The Hall–Kier alpha value is -0.730. The molecule has 0 N–H and O–H groups in total. The molecule has 0 aromatic heterocycles. The standard InChI is InChI=1S/C10H10Cl2O2/c1-14-8-4-2-7(3-5-8)10(13)9(12)6-11/h2-5,9H,6H2,1H3. The van der Waals surface area contributed by atoms with E-state index in [1.807, 2.05) is 0 Å². The number of carbonyl (C=O) groups is 1. The Labute approximate surface area is 92.8 Å². The minimum absolute atomic E-state index is 0.117. The highest BCUT2D eigenvalue weighted by Crippen LogP contribution is 2.15. The molecule has 0 spiro atoms. The Morgan fingerprint density at radius 3 is 2.43 bits per heavy atom. The van der Waals surface area contributed by atoms with Crippen LogP contribution in [0.3, 0.4) is 0 Å². The van der Waals surface area contributed by atoms with Crippen molar-refractivity contribution in [1.29, 1.82) is 0 Å². The summed E-state index contributed by atoms with van der Waals surface area (Å²) in [6, 6.07) is 6.77. The summed E-state index contributed by atoms with van der Waals surface area (Å²) < 4.78 is 4.97. The largest absolute Gasteiger partial charge is 0.497 e. The summed E-state index contributed by atoms with van der Waals surface area (Å²) in [5, 5.41) is -0.662. The number of ether oxygens (including phenoxy) is 1. The average molecular weight is 233 g/mol. The molecular weight excluding hydrogens is 223 g/mol. The first kappa shape index (κ1) is 11.3. The molecule has 1 aromatic rings. The van der Waals surface area contributed by atoms with E-state index >= 15 is 0 Å². The Morgan fingerprint density at radius 2 is 2.00 bits per heavy atom. The lowest BCUT2D eigenvalue weighted by molar-refractivity contribution is 0.0992. The molecule has 2 nitrogen and oxygen atoms in total. The second kappa shape index (κ2) is 5.23. The van der Waals surface area contributed by atoms with E-state index in [9.17, 15) is 4.79 Å². The molecule has 1 aromatic carbocycles. The lowest BCUT2D eigenvalue weighted by Gasteiger charge is -2.05. The first-order valence-electron chi connectivity index (χ1n) is 4.07. The van der Waals surface area contributed by atoms with E-state index in [1.165, 1.54) is 0 Å². The number of halogens is 2. The van der Waals surface area contributed by atoms with Crippen molar-refractivity contribution in [1.82, 2.24) is 0 Å². The molecular formula is C10H10Cl2O2. The van der Waals surface area contributed by atoms with E-state index in [-0.39, 0.29) is 11.7 Å². The summed E-state index contributed by atoms with van der Waals surface area (Å²) >= 11 is 11.2. The van der Waals surface area contributed by atoms with Gasteiger partial charge < -0.3 is 4.74 Å². The molecule has 4 heteroatoms. The molecule has 0 aliphatic rings. The third-order valence-electron chi connectivity index (χ3n) is 1.79. The summed E-state index contributed by atoms with van der Waals surface area (Å²) in [7, 11) is 1.57. The van der Waals surface area contributed by atoms with E-state index in [2.05, 4.69) is 0 Å². The molecule has 1 rings (SSSR count). The molecule has 0 fully saturated rings. The Morgan fingerprint density at radius 1 is 1.43 bits per heavy atom. The van der Waals surface area contributed by atoms with Gasteiger partial charge in [0.2, 0.25) is 0 Å². The van der Waals surface area contributed by atoms with Gasteiger partial charge in [0, 0.05) is 11.4 Å². The van der Waals surface area contributed by atoms with Gasteiger partial charge in [-0.15, -0.1) is 23.2 Å². The quantitative estimate of drug-likeness (QED) is 0.590. The van der Waals surface area contributed by atoms with E-state index in [0.717, 1.165) is 0 Å². The minimum atomic E-state index is -0.662. The molecule has 0 heterocycles. The lowest BCUT2D eigenvalue weighted by Crippen LogP contribution is -2.15. The minimum Gasteiger partial charge on any atom is -0.497 e. The zero-order valence-corrected chi connectivity index (χ0v) is 9.18.